The molecule has 1 fully saturated rings. The number of likely N-dealkylation sites (N-methyl/N-ethyl adjacent to an activating group) is 1. The Hall–Kier alpha value is -1.81. The van der Waals surface area contributed by atoms with Crippen LogP contribution in [0.25, 0.3) is 0 Å². The number of amides is 1. The molecule has 2 aromatic rings. The third kappa shape index (κ3) is 2.63. The smallest absolute Gasteiger partial charge is 0.233 e. The van der Waals surface area contributed by atoms with Crippen molar-refractivity contribution in [3.8, 4) is 0 Å². The zero-order valence-corrected chi connectivity index (χ0v) is 15.4. The van der Waals surface area contributed by atoms with Gasteiger partial charge in [-0.05, 0) is 42.2 Å². The minimum atomic E-state index is -0.304. The molecule has 0 aromatic heterocycles. The van der Waals surface area contributed by atoms with Crippen molar-refractivity contribution in [2.75, 3.05) is 25.0 Å². The molecule has 0 N–H and O–H groups in total. The third-order valence-electron chi connectivity index (χ3n) is 5.29. The largest absolute Gasteiger partial charge is 0.373 e. The molecule has 0 saturated heterocycles. The fourth-order valence-electron chi connectivity index (χ4n) is 3.71. The molecule has 0 unspecified atom stereocenters. The van der Waals surface area contributed by atoms with E-state index in [0.717, 1.165) is 36.0 Å². The number of hydrogen-bond acceptors (Lipinski definition) is 2. The number of para-hydroxylation sites is 1. The van der Waals surface area contributed by atoms with Gasteiger partial charge in [0.05, 0.1) is 5.41 Å². The highest BCUT2D eigenvalue weighted by molar-refractivity contribution is 9.10. The fraction of sp³-hybridized carbons (Fsp3) is 0.350. The van der Waals surface area contributed by atoms with Crippen molar-refractivity contribution >= 4 is 27.5 Å². The molecule has 1 amide bonds. The van der Waals surface area contributed by atoms with Crippen LogP contribution in [-0.4, -0.2) is 30.9 Å². The van der Waals surface area contributed by atoms with E-state index < -0.39 is 0 Å². The lowest BCUT2D eigenvalue weighted by molar-refractivity contribution is -0.134. The molecule has 1 saturated carbocycles. The maximum Gasteiger partial charge on any atom is 0.233 e. The van der Waals surface area contributed by atoms with Crippen molar-refractivity contribution in [3.05, 3.63) is 64.1 Å². The molecule has 4 heteroatoms. The Morgan fingerprint density at radius 3 is 2.62 bits per heavy atom. The van der Waals surface area contributed by atoms with Crippen LogP contribution < -0.4 is 4.90 Å². The van der Waals surface area contributed by atoms with E-state index in [9.17, 15) is 4.79 Å². The lowest BCUT2D eigenvalue weighted by Gasteiger charge is -2.26. The summed E-state index contributed by atoms with van der Waals surface area (Å²) < 4.78 is 1.04. The van der Waals surface area contributed by atoms with Crippen LogP contribution in [-0.2, 0) is 16.8 Å². The van der Waals surface area contributed by atoms with E-state index in [1.165, 1.54) is 11.3 Å². The molecule has 3 nitrogen and oxygen atoms in total. The van der Waals surface area contributed by atoms with Crippen molar-refractivity contribution in [2.45, 2.75) is 24.8 Å². The van der Waals surface area contributed by atoms with Gasteiger partial charge in [-0.2, -0.15) is 0 Å². The van der Waals surface area contributed by atoms with Crippen molar-refractivity contribution in [3.63, 3.8) is 0 Å². The van der Waals surface area contributed by atoms with Gasteiger partial charge in [-0.15, -0.1) is 0 Å². The van der Waals surface area contributed by atoms with Gasteiger partial charge in [-0.3, -0.25) is 4.79 Å². The van der Waals surface area contributed by atoms with E-state index in [1.54, 1.807) is 0 Å². The summed E-state index contributed by atoms with van der Waals surface area (Å²) in [6.45, 7) is 2.35. The minimum absolute atomic E-state index is 0.283. The van der Waals surface area contributed by atoms with Gasteiger partial charge in [-0.1, -0.05) is 46.3 Å². The molecular formula is C20H21BrN2O. The van der Waals surface area contributed by atoms with E-state index in [1.807, 2.05) is 12.1 Å². The minimum Gasteiger partial charge on any atom is -0.373 e. The summed E-state index contributed by atoms with van der Waals surface area (Å²) in [6.07, 6.45) is 1.91. The molecule has 1 heterocycles. The average Bonchev–Trinajstić information content (AvgIpc) is 3.40. The Bertz CT molecular complexity index is 785. The SMILES string of the molecule is CN1CCN(C(=O)C2(c3cccc(Br)c3)CC2)Cc2ccccc21. The summed E-state index contributed by atoms with van der Waals surface area (Å²) in [5, 5.41) is 0. The van der Waals surface area contributed by atoms with Crippen LogP contribution >= 0.6 is 15.9 Å². The lowest BCUT2D eigenvalue weighted by Crippen LogP contribution is -2.41. The van der Waals surface area contributed by atoms with Crippen LogP contribution in [0.3, 0.4) is 0 Å². The normalized spacial score (nSPS) is 18.8. The van der Waals surface area contributed by atoms with E-state index in [2.05, 4.69) is 69.2 Å². The maximum atomic E-state index is 13.4. The maximum absolute atomic E-state index is 13.4. The molecular weight excluding hydrogens is 364 g/mol. The van der Waals surface area contributed by atoms with Crippen molar-refractivity contribution in [1.82, 2.24) is 4.90 Å². The van der Waals surface area contributed by atoms with E-state index in [0.29, 0.717) is 6.54 Å². The quantitative estimate of drug-likeness (QED) is 0.782. The number of hydrogen-bond donors (Lipinski definition) is 0. The number of nitrogens with zero attached hydrogens (tertiary/aromatic N) is 2. The van der Waals surface area contributed by atoms with Crippen LogP contribution in [0.4, 0.5) is 5.69 Å². The molecule has 0 radical (unpaired) electrons. The first-order valence-electron chi connectivity index (χ1n) is 8.45. The highest BCUT2D eigenvalue weighted by Crippen LogP contribution is 2.50. The van der Waals surface area contributed by atoms with Gasteiger partial charge in [0.25, 0.3) is 0 Å². The van der Waals surface area contributed by atoms with Crippen molar-refractivity contribution in [2.24, 2.45) is 0 Å². The summed E-state index contributed by atoms with van der Waals surface area (Å²) in [6, 6.07) is 16.6. The predicted molar refractivity (Wildman–Crippen MR) is 100 cm³/mol. The first-order valence-corrected chi connectivity index (χ1v) is 9.24. The van der Waals surface area contributed by atoms with E-state index in [4.69, 9.17) is 0 Å². The summed E-state index contributed by atoms with van der Waals surface area (Å²) >= 11 is 3.54. The molecule has 2 aliphatic rings. The Morgan fingerprint density at radius 1 is 1.08 bits per heavy atom. The van der Waals surface area contributed by atoms with Crippen LogP contribution in [0.5, 0.6) is 0 Å². The molecule has 2 aromatic carbocycles. The third-order valence-corrected chi connectivity index (χ3v) is 5.79. The second kappa shape index (κ2) is 5.92. The van der Waals surface area contributed by atoms with Crippen molar-refractivity contribution < 1.29 is 4.79 Å². The first-order chi connectivity index (χ1) is 11.6. The van der Waals surface area contributed by atoms with E-state index in [-0.39, 0.29) is 11.3 Å². The summed E-state index contributed by atoms with van der Waals surface area (Å²) in [4.78, 5) is 17.7. The molecule has 24 heavy (non-hydrogen) atoms. The van der Waals surface area contributed by atoms with Gasteiger partial charge in [0, 0.05) is 36.8 Å². The van der Waals surface area contributed by atoms with Gasteiger partial charge in [0.1, 0.15) is 0 Å². The molecule has 1 aliphatic heterocycles. The number of anilines is 1. The fourth-order valence-corrected chi connectivity index (χ4v) is 4.11. The summed E-state index contributed by atoms with van der Waals surface area (Å²) in [7, 11) is 2.11. The topological polar surface area (TPSA) is 23.6 Å². The lowest BCUT2D eigenvalue weighted by atomic mass is 9.94. The van der Waals surface area contributed by atoms with E-state index >= 15 is 0 Å². The monoisotopic (exact) mass is 384 g/mol. The molecule has 0 bridgehead atoms. The number of fused-ring (bicyclic) bond motifs is 1. The Labute approximate surface area is 151 Å². The van der Waals surface area contributed by atoms with Gasteiger partial charge >= 0.3 is 0 Å². The van der Waals surface area contributed by atoms with Crippen LogP contribution in [0, 0.1) is 0 Å². The summed E-state index contributed by atoms with van der Waals surface area (Å²) in [5.74, 6) is 0.283. The summed E-state index contributed by atoms with van der Waals surface area (Å²) in [5.41, 5.74) is 3.31. The zero-order chi connectivity index (χ0) is 16.7. The van der Waals surface area contributed by atoms with Crippen LogP contribution in [0.15, 0.2) is 53.0 Å². The molecule has 0 atom stereocenters. The zero-order valence-electron chi connectivity index (χ0n) is 13.8. The number of carbonyl (C=O) groups excluding carboxylic acids is 1. The van der Waals surface area contributed by atoms with Gasteiger partial charge in [-0.25, -0.2) is 0 Å². The highest BCUT2D eigenvalue weighted by Gasteiger charge is 2.53. The van der Waals surface area contributed by atoms with Gasteiger partial charge < -0.3 is 9.80 Å². The molecule has 1 aliphatic carbocycles. The molecule has 4 rings (SSSR count). The van der Waals surface area contributed by atoms with Gasteiger partial charge in [0.15, 0.2) is 0 Å². The average molecular weight is 385 g/mol. The Morgan fingerprint density at radius 2 is 1.88 bits per heavy atom. The molecule has 124 valence electrons. The number of benzene rings is 2. The Kier molecular flexibility index (Phi) is 3.87. The second-order valence-electron chi connectivity index (χ2n) is 6.87. The highest BCUT2D eigenvalue weighted by atomic mass is 79.9. The Balaban J connectivity index is 1.63. The first kappa shape index (κ1) is 15.7. The van der Waals surface area contributed by atoms with Crippen LogP contribution in [0.2, 0.25) is 0 Å². The number of rotatable bonds is 2. The number of halogens is 1. The second-order valence-corrected chi connectivity index (χ2v) is 7.79. The van der Waals surface area contributed by atoms with Gasteiger partial charge in [0.2, 0.25) is 5.91 Å². The standard InChI is InChI=1S/C20H21BrN2O/c1-22-11-12-23(14-15-5-2-3-8-18(15)22)19(24)20(9-10-20)16-6-4-7-17(21)13-16/h2-8,13H,9-12,14H2,1H3. The van der Waals surface area contributed by atoms with Crippen molar-refractivity contribution in [1.29, 1.82) is 0 Å². The molecule has 0 spiro atoms. The van der Waals surface area contributed by atoms with Crippen LogP contribution in [0.1, 0.15) is 24.0 Å². The number of carbonyl (C=O) groups is 1. The predicted octanol–water partition coefficient (Wildman–Crippen LogP) is 3.96.